The van der Waals surface area contributed by atoms with Gasteiger partial charge >= 0.3 is 0 Å². The van der Waals surface area contributed by atoms with Crippen molar-refractivity contribution in [3.8, 4) is 5.75 Å². The molecule has 0 saturated carbocycles. The van der Waals surface area contributed by atoms with Crippen LogP contribution in [0.5, 0.6) is 5.75 Å². The van der Waals surface area contributed by atoms with Crippen LogP contribution in [-0.4, -0.2) is 55.7 Å². The fraction of sp³-hybridized carbons (Fsp3) is 0.632. The quantitative estimate of drug-likeness (QED) is 0.375. The summed E-state index contributed by atoms with van der Waals surface area (Å²) in [6, 6.07) is 7.27. The third-order valence-corrected chi connectivity index (χ3v) is 4.51. The highest BCUT2D eigenvalue weighted by Crippen LogP contribution is 2.14. The van der Waals surface area contributed by atoms with Crippen LogP contribution >= 0.6 is 24.0 Å². The highest BCUT2D eigenvalue weighted by atomic mass is 127. The summed E-state index contributed by atoms with van der Waals surface area (Å²) in [6.07, 6.45) is 2.14. The largest absolute Gasteiger partial charge is 0.489 e. The van der Waals surface area contributed by atoms with E-state index in [2.05, 4.69) is 34.4 Å². The third-order valence-electron chi connectivity index (χ3n) is 4.51. The first-order valence-corrected chi connectivity index (χ1v) is 9.11. The molecule has 1 aromatic carbocycles. The maximum atomic E-state index is 13.2. The highest BCUT2D eigenvalue weighted by molar-refractivity contribution is 14.0. The number of hydrogen-bond acceptors (Lipinski definition) is 3. The van der Waals surface area contributed by atoms with Crippen molar-refractivity contribution in [2.75, 3.05) is 26.7 Å². The average Bonchev–Trinajstić information content (AvgIpc) is 2.59. The summed E-state index contributed by atoms with van der Waals surface area (Å²) in [5.74, 6) is 1.04. The summed E-state index contributed by atoms with van der Waals surface area (Å²) < 4.78 is 18.9. The van der Waals surface area contributed by atoms with Crippen LogP contribution < -0.4 is 15.4 Å². The molecule has 1 unspecified atom stereocenters. The van der Waals surface area contributed by atoms with Crippen LogP contribution in [0.15, 0.2) is 29.3 Å². The maximum absolute atomic E-state index is 13.2. The molecular weight excluding hydrogens is 446 g/mol. The van der Waals surface area contributed by atoms with Crippen LogP contribution in [-0.2, 0) is 0 Å². The first-order chi connectivity index (χ1) is 12.0. The van der Waals surface area contributed by atoms with E-state index in [1.54, 1.807) is 19.2 Å². The lowest BCUT2D eigenvalue weighted by Crippen LogP contribution is -2.50. The van der Waals surface area contributed by atoms with Gasteiger partial charge in [-0.15, -0.1) is 24.0 Å². The molecule has 0 spiro atoms. The van der Waals surface area contributed by atoms with Crippen molar-refractivity contribution in [1.82, 2.24) is 15.5 Å². The number of halogens is 2. The molecule has 5 nitrogen and oxygen atoms in total. The number of piperidine rings is 1. The van der Waals surface area contributed by atoms with E-state index in [0.29, 0.717) is 24.4 Å². The minimum atomic E-state index is -0.289. The normalized spacial score (nSPS) is 17.5. The van der Waals surface area contributed by atoms with Crippen molar-refractivity contribution in [3.05, 3.63) is 30.1 Å². The number of rotatable bonds is 6. The van der Waals surface area contributed by atoms with E-state index in [0.717, 1.165) is 31.9 Å². The second-order valence-electron chi connectivity index (χ2n) is 6.89. The summed E-state index contributed by atoms with van der Waals surface area (Å²) in [7, 11) is 1.77. The zero-order chi connectivity index (χ0) is 18.2. The minimum absolute atomic E-state index is 0. The van der Waals surface area contributed by atoms with Gasteiger partial charge in [0.15, 0.2) is 5.96 Å². The summed E-state index contributed by atoms with van der Waals surface area (Å²) in [5, 5.41) is 6.78. The van der Waals surface area contributed by atoms with Gasteiger partial charge in [0, 0.05) is 38.3 Å². The third kappa shape index (κ3) is 7.65. The Morgan fingerprint density at radius 2 is 2.00 bits per heavy atom. The van der Waals surface area contributed by atoms with Crippen LogP contribution in [0.1, 0.15) is 33.6 Å². The fourth-order valence-corrected chi connectivity index (χ4v) is 3.00. The lowest BCUT2D eigenvalue weighted by molar-refractivity contribution is 0.167. The molecule has 148 valence electrons. The van der Waals surface area contributed by atoms with Gasteiger partial charge in [0.05, 0.1) is 6.54 Å². The maximum Gasteiger partial charge on any atom is 0.191 e. The molecule has 0 aliphatic carbocycles. The molecule has 0 amide bonds. The number of nitrogens with zero attached hydrogens (tertiary/aromatic N) is 2. The SMILES string of the molecule is CN=C(NCC(C)Oc1cccc(F)c1)NC1CCN(C(C)C)CC1.I. The van der Waals surface area contributed by atoms with Crippen molar-refractivity contribution in [3.63, 3.8) is 0 Å². The van der Waals surface area contributed by atoms with Gasteiger partial charge in [0.25, 0.3) is 0 Å². The monoisotopic (exact) mass is 478 g/mol. The van der Waals surface area contributed by atoms with Crippen LogP contribution in [0.3, 0.4) is 0 Å². The van der Waals surface area contributed by atoms with Crippen molar-refractivity contribution < 1.29 is 9.13 Å². The van der Waals surface area contributed by atoms with Crippen LogP contribution in [0.2, 0.25) is 0 Å². The molecule has 0 bridgehead atoms. The summed E-state index contributed by atoms with van der Waals surface area (Å²) in [5.41, 5.74) is 0. The number of benzene rings is 1. The van der Waals surface area contributed by atoms with Gasteiger partial charge in [-0.1, -0.05) is 6.07 Å². The van der Waals surface area contributed by atoms with E-state index in [1.807, 2.05) is 6.92 Å². The molecule has 1 heterocycles. The Balaban J connectivity index is 0.00000338. The minimum Gasteiger partial charge on any atom is -0.489 e. The lowest BCUT2D eigenvalue weighted by atomic mass is 10.0. The molecule has 1 fully saturated rings. The molecule has 0 radical (unpaired) electrons. The van der Waals surface area contributed by atoms with Crippen molar-refractivity contribution >= 4 is 29.9 Å². The number of ether oxygens (including phenoxy) is 1. The topological polar surface area (TPSA) is 48.9 Å². The predicted molar refractivity (Wildman–Crippen MR) is 116 cm³/mol. The van der Waals surface area contributed by atoms with E-state index in [1.165, 1.54) is 12.1 Å². The number of nitrogens with one attached hydrogen (secondary N) is 2. The first kappa shape index (κ1) is 23.0. The standard InChI is InChI=1S/C19H31FN4O.HI/c1-14(2)24-10-8-17(9-11-24)23-19(21-4)22-13-15(3)25-18-7-5-6-16(20)12-18;/h5-7,12,14-15,17H,8-11,13H2,1-4H3,(H2,21,22,23);1H. The van der Waals surface area contributed by atoms with E-state index >= 15 is 0 Å². The van der Waals surface area contributed by atoms with E-state index in [4.69, 9.17) is 4.74 Å². The van der Waals surface area contributed by atoms with Gasteiger partial charge in [-0.05, 0) is 45.7 Å². The summed E-state index contributed by atoms with van der Waals surface area (Å²) in [6.45, 7) is 9.27. The van der Waals surface area contributed by atoms with Crippen LogP contribution in [0, 0.1) is 5.82 Å². The van der Waals surface area contributed by atoms with E-state index < -0.39 is 0 Å². The van der Waals surface area contributed by atoms with Crippen molar-refractivity contribution in [2.24, 2.45) is 4.99 Å². The Kier molecular flexibility index (Phi) is 10.2. The lowest BCUT2D eigenvalue weighted by Gasteiger charge is -2.35. The molecule has 1 atom stereocenters. The molecule has 1 saturated heterocycles. The number of hydrogen-bond donors (Lipinski definition) is 2. The molecule has 2 N–H and O–H groups in total. The highest BCUT2D eigenvalue weighted by Gasteiger charge is 2.21. The van der Waals surface area contributed by atoms with Gasteiger partial charge < -0.3 is 20.3 Å². The smallest absolute Gasteiger partial charge is 0.191 e. The molecule has 1 aliphatic rings. The Hall–Kier alpha value is -1.09. The van der Waals surface area contributed by atoms with Crippen molar-refractivity contribution in [1.29, 1.82) is 0 Å². The van der Waals surface area contributed by atoms with Gasteiger partial charge in [-0.3, -0.25) is 4.99 Å². The van der Waals surface area contributed by atoms with Crippen molar-refractivity contribution in [2.45, 2.75) is 51.8 Å². The molecule has 1 aromatic rings. The van der Waals surface area contributed by atoms with Gasteiger partial charge in [0.2, 0.25) is 0 Å². The van der Waals surface area contributed by atoms with Crippen LogP contribution in [0.4, 0.5) is 4.39 Å². The second-order valence-corrected chi connectivity index (χ2v) is 6.89. The average molecular weight is 478 g/mol. The molecule has 2 rings (SSSR count). The van der Waals surface area contributed by atoms with Gasteiger partial charge in [0.1, 0.15) is 17.7 Å². The molecule has 26 heavy (non-hydrogen) atoms. The van der Waals surface area contributed by atoms with Crippen LogP contribution in [0.25, 0.3) is 0 Å². The first-order valence-electron chi connectivity index (χ1n) is 9.11. The molecule has 0 aromatic heterocycles. The second kappa shape index (κ2) is 11.6. The molecule has 7 heteroatoms. The van der Waals surface area contributed by atoms with Gasteiger partial charge in [-0.2, -0.15) is 0 Å². The Morgan fingerprint density at radius 3 is 2.58 bits per heavy atom. The Bertz CT molecular complexity index is 562. The predicted octanol–water partition coefficient (Wildman–Crippen LogP) is 3.25. The molecular formula is C19H32FIN4O. The zero-order valence-electron chi connectivity index (χ0n) is 16.2. The number of guanidine groups is 1. The van der Waals surface area contributed by atoms with E-state index in [-0.39, 0.29) is 35.9 Å². The zero-order valence-corrected chi connectivity index (χ0v) is 18.5. The van der Waals surface area contributed by atoms with E-state index in [9.17, 15) is 4.39 Å². The Morgan fingerprint density at radius 1 is 1.31 bits per heavy atom. The number of likely N-dealkylation sites (tertiary alicyclic amines) is 1. The molecule has 1 aliphatic heterocycles. The number of aliphatic imine (C=N–C) groups is 1. The summed E-state index contributed by atoms with van der Waals surface area (Å²) >= 11 is 0. The Labute approximate surface area is 173 Å². The van der Waals surface area contributed by atoms with Gasteiger partial charge in [-0.25, -0.2) is 4.39 Å². The fourth-order valence-electron chi connectivity index (χ4n) is 3.00. The summed E-state index contributed by atoms with van der Waals surface area (Å²) in [4.78, 5) is 6.80.